The number of amides is 1. The molecule has 2 rings (SSSR count). The van der Waals surface area contributed by atoms with Crippen LogP contribution in [0.2, 0.25) is 0 Å². The van der Waals surface area contributed by atoms with E-state index >= 15 is 0 Å². The lowest BCUT2D eigenvalue weighted by molar-refractivity contribution is -0.383. The van der Waals surface area contributed by atoms with Gasteiger partial charge in [0.1, 0.15) is 5.69 Å². The fraction of sp³-hybridized carbons (Fsp3) is 0.500. The van der Waals surface area contributed by atoms with Crippen molar-refractivity contribution in [3.63, 3.8) is 0 Å². The number of halogens is 1. The third-order valence-electron chi connectivity index (χ3n) is 4.02. The average Bonchev–Trinajstić information content (AvgIpc) is 2.46. The van der Waals surface area contributed by atoms with Gasteiger partial charge in [0, 0.05) is 25.2 Å². The number of carbonyl (C=O) groups is 1. The fourth-order valence-electron chi connectivity index (χ4n) is 2.80. The number of hydrogen-bond donors (Lipinski definition) is 2. The Morgan fingerprint density at radius 3 is 2.77 bits per heavy atom. The lowest BCUT2D eigenvalue weighted by Crippen LogP contribution is -2.49. The maximum Gasteiger partial charge on any atom is 0.292 e. The summed E-state index contributed by atoms with van der Waals surface area (Å²) in [7, 11) is 0. The molecule has 2 unspecified atom stereocenters. The Morgan fingerprint density at radius 1 is 1.50 bits per heavy atom. The van der Waals surface area contributed by atoms with Crippen LogP contribution < -0.4 is 11.5 Å². The second-order valence-electron chi connectivity index (χ2n) is 5.51. The molecule has 1 aromatic rings. The summed E-state index contributed by atoms with van der Waals surface area (Å²) < 4.78 is 0. The molecule has 4 N–H and O–H groups in total. The molecule has 1 saturated heterocycles. The van der Waals surface area contributed by atoms with Crippen LogP contribution in [0.5, 0.6) is 0 Å². The molecule has 8 heteroatoms. The summed E-state index contributed by atoms with van der Waals surface area (Å²) in [6.07, 6.45) is 1.74. The van der Waals surface area contributed by atoms with Crippen molar-refractivity contribution >= 4 is 29.7 Å². The molecule has 1 aromatic carbocycles. The number of nitro groups is 1. The highest BCUT2D eigenvalue weighted by molar-refractivity contribution is 6.01. The Kier molecular flexibility index (Phi) is 6.13. The van der Waals surface area contributed by atoms with Crippen molar-refractivity contribution in [2.24, 2.45) is 11.7 Å². The van der Waals surface area contributed by atoms with Gasteiger partial charge in [0.05, 0.1) is 10.5 Å². The maximum atomic E-state index is 12.6. The van der Waals surface area contributed by atoms with E-state index in [1.54, 1.807) is 4.90 Å². The summed E-state index contributed by atoms with van der Waals surface area (Å²) in [5.41, 5.74) is 11.4. The highest BCUT2D eigenvalue weighted by Gasteiger charge is 2.31. The zero-order chi connectivity index (χ0) is 15.6. The van der Waals surface area contributed by atoms with Crippen LogP contribution in [0.4, 0.5) is 11.4 Å². The van der Waals surface area contributed by atoms with Gasteiger partial charge in [-0.3, -0.25) is 14.9 Å². The van der Waals surface area contributed by atoms with E-state index in [4.69, 9.17) is 11.5 Å². The van der Waals surface area contributed by atoms with Crippen LogP contribution in [0.25, 0.3) is 0 Å². The Bertz CT molecular complexity index is 567. The predicted molar refractivity (Wildman–Crippen MR) is 87.0 cm³/mol. The molecule has 122 valence electrons. The summed E-state index contributed by atoms with van der Waals surface area (Å²) >= 11 is 0. The summed E-state index contributed by atoms with van der Waals surface area (Å²) in [6, 6.07) is 4.26. The molecule has 0 radical (unpaired) electrons. The van der Waals surface area contributed by atoms with Crippen LogP contribution in [0, 0.1) is 16.0 Å². The highest BCUT2D eigenvalue weighted by atomic mass is 35.5. The van der Waals surface area contributed by atoms with Gasteiger partial charge in [-0.15, -0.1) is 12.4 Å². The van der Waals surface area contributed by atoms with E-state index in [0.717, 1.165) is 12.8 Å². The lowest BCUT2D eigenvalue weighted by Gasteiger charge is -2.38. The number of piperidine rings is 1. The number of nitro benzene ring substituents is 1. The molecule has 2 atom stereocenters. The van der Waals surface area contributed by atoms with Gasteiger partial charge in [-0.2, -0.15) is 0 Å². The van der Waals surface area contributed by atoms with Crippen molar-refractivity contribution in [2.45, 2.75) is 25.8 Å². The number of nitrogen functional groups attached to an aromatic ring is 1. The SMILES string of the molecule is CC1CCN(C(=O)c2cccc([N+](=O)[O-])c2N)C(CN)C1.Cl. The summed E-state index contributed by atoms with van der Waals surface area (Å²) in [6.45, 7) is 3.11. The first-order valence-electron chi connectivity index (χ1n) is 6.99. The van der Waals surface area contributed by atoms with Crippen LogP contribution in [-0.4, -0.2) is 34.9 Å². The second-order valence-corrected chi connectivity index (χ2v) is 5.51. The number of likely N-dealkylation sites (tertiary alicyclic amines) is 1. The smallest absolute Gasteiger partial charge is 0.292 e. The number of carbonyl (C=O) groups excluding carboxylic acids is 1. The molecule has 22 heavy (non-hydrogen) atoms. The van der Waals surface area contributed by atoms with Crippen molar-refractivity contribution < 1.29 is 9.72 Å². The largest absolute Gasteiger partial charge is 0.393 e. The molecule has 1 aliphatic rings. The highest BCUT2D eigenvalue weighted by Crippen LogP contribution is 2.29. The molecule has 1 heterocycles. The maximum absolute atomic E-state index is 12.6. The van der Waals surface area contributed by atoms with Gasteiger partial charge in [-0.05, 0) is 24.8 Å². The minimum atomic E-state index is -0.579. The van der Waals surface area contributed by atoms with E-state index in [9.17, 15) is 14.9 Å². The number of hydrogen-bond acceptors (Lipinski definition) is 5. The molecule has 1 aliphatic heterocycles. The van der Waals surface area contributed by atoms with Crippen molar-refractivity contribution in [1.82, 2.24) is 4.90 Å². The van der Waals surface area contributed by atoms with Crippen LogP contribution in [0.15, 0.2) is 18.2 Å². The molecule has 0 spiro atoms. The fourth-order valence-corrected chi connectivity index (χ4v) is 2.80. The van der Waals surface area contributed by atoms with Gasteiger partial charge in [-0.1, -0.05) is 13.0 Å². The predicted octanol–water partition coefficient (Wildman–Crippen LogP) is 1.80. The Balaban J connectivity index is 0.00000242. The molecule has 0 saturated carbocycles. The normalized spacial score (nSPS) is 21.1. The first-order chi connectivity index (χ1) is 9.95. The molecule has 0 aliphatic carbocycles. The Hall–Kier alpha value is -1.86. The van der Waals surface area contributed by atoms with Crippen LogP contribution >= 0.6 is 12.4 Å². The first-order valence-corrected chi connectivity index (χ1v) is 6.99. The average molecular weight is 329 g/mol. The van der Waals surface area contributed by atoms with Crippen molar-refractivity contribution in [3.05, 3.63) is 33.9 Å². The van der Waals surface area contributed by atoms with Crippen LogP contribution in [0.1, 0.15) is 30.1 Å². The van der Waals surface area contributed by atoms with Gasteiger partial charge >= 0.3 is 0 Å². The zero-order valence-electron chi connectivity index (χ0n) is 12.4. The van der Waals surface area contributed by atoms with E-state index in [1.165, 1.54) is 18.2 Å². The van der Waals surface area contributed by atoms with Gasteiger partial charge in [0.25, 0.3) is 11.6 Å². The quantitative estimate of drug-likeness (QED) is 0.498. The molecule has 7 nitrogen and oxygen atoms in total. The molecule has 1 amide bonds. The topological polar surface area (TPSA) is 115 Å². The Morgan fingerprint density at radius 2 is 2.18 bits per heavy atom. The standard InChI is InChI=1S/C14H20N4O3.ClH/c1-9-5-6-17(10(7-9)8-15)14(19)11-3-2-4-12(13(11)16)18(20)21;/h2-4,9-10H,5-8,15-16H2,1H3;1H. The van der Waals surface area contributed by atoms with Crippen LogP contribution in [0.3, 0.4) is 0 Å². The molecular formula is C14H21ClN4O3. The summed E-state index contributed by atoms with van der Waals surface area (Å²) in [5.74, 6) is 0.239. The number of nitrogens with zero attached hydrogens (tertiary/aromatic N) is 2. The van der Waals surface area contributed by atoms with Crippen molar-refractivity contribution in [1.29, 1.82) is 0 Å². The molecule has 1 fully saturated rings. The van der Waals surface area contributed by atoms with E-state index in [0.29, 0.717) is 19.0 Å². The molecule has 0 bridgehead atoms. The van der Waals surface area contributed by atoms with Crippen molar-refractivity contribution in [3.8, 4) is 0 Å². The molecule has 0 aromatic heterocycles. The monoisotopic (exact) mass is 328 g/mol. The third kappa shape index (κ3) is 3.48. The first kappa shape index (κ1) is 18.2. The number of anilines is 1. The Labute approximate surface area is 135 Å². The van der Waals surface area contributed by atoms with Gasteiger partial charge in [0.2, 0.25) is 0 Å². The summed E-state index contributed by atoms with van der Waals surface area (Å²) in [4.78, 5) is 24.7. The minimum Gasteiger partial charge on any atom is -0.393 e. The number of para-hydroxylation sites is 1. The van der Waals surface area contributed by atoms with E-state index in [2.05, 4.69) is 6.92 Å². The van der Waals surface area contributed by atoms with E-state index in [1.807, 2.05) is 0 Å². The zero-order valence-corrected chi connectivity index (χ0v) is 13.2. The van der Waals surface area contributed by atoms with E-state index < -0.39 is 4.92 Å². The lowest BCUT2D eigenvalue weighted by atomic mass is 9.91. The van der Waals surface area contributed by atoms with Gasteiger partial charge in [-0.25, -0.2) is 0 Å². The molecular weight excluding hydrogens is 308 g/mol. The number of nitrogens with two attached hydrogens (primary N) is 2. The minimum absolute atomic E-state index is 0. The number of rotatable bonds is 3. The van der Waals surface area contributed by atoms with Gasteiger partial charge in [0.15, 0.2) is 0 Å². The summed E-state index contributed by atoms with van der Waals surface area (Å²) in [5, 5.41) is 10.9. The third-order valence-corrected chi connectivity index (χ3v) is 4.02. The number of benzene rings is 1. The van der Waals surface area contributed by atoms with Crippen molar-refractivity contribution in [2.75, 3.05) is 18.8 Å². The second kappa shape index (κ2) is 7.42. The van der Waals surface area contributed by atoms with E-state index in [-0.39, 0.29) is 41.3 Å². The van der Waals surface area contributed by atoms with Gasteiger partial charge < -0.3 is 16.4 Å². The van der Waals surface area contributed by atoms with Crippen LogP contribution in [-0.2, 0) is 0 Å².